The minimum absolute atomic E-state index is 0.0120. The van der Waals surface area contributed by atoms with Crippen LogP contribution in [0.5, 0.6) is 0 Å². The first kappa shape index (κ1) is 19.2. The van der Waals surface area contributed by atoms with Crippen LogP contribution in [0.25, 0.3) is 11.0 Å². The van der Waals surface area contributed by atoms with Gasteiger partial charge in [0.2, 0.25) is 5.78 Å². The van der Waals surface area contributed by atoms with Gasteiger partial charge in [-0.05, 0) is 48.4 Å². The number of halogens is 2. The highest BCUT2D eigenvalue weighted by Crippen LogP contribution is 2.39. The van der Waals surface area contributed by atoms with Crippen molar-refractivity contribution in [3.05, 3.63) is 82.0 Å². The summed E-state index contributed by atoms with van der Waals surface area (Å²) in [5, 5.41) is 11.6. The van der Waals surface area contributed by atoms with Gasteiger partial charge in [0.15, 0.2) is 11.5 Å². The third kappa shape index (κ3) is 3.29. The summed E-state index contributed by atoms with van der Waals surface area (Å²) in [6.45, 7) is 2.21. The Morgan fingerprint density at radius 1 is 1.21 bits per heavy atom. The average molecular weight is 414 g/mol. The molecule has 29 heavy (non-hydrogen) atoms. The molecule has 148 valence electrons. The van der Waals surface area contributed by atoms with Gasteiger partial charge >= 0.3 is 0 Å². The smallest absolute Gasteiger partial charge is 0.290 e. The molecule has 7 heteroatoms. The highest BCUT2D eigenvalue weighted by molar-refractivity contribution is 6.31. The zero-order chi connectivity index (χ0) is 20.7. The van der Waals surface area contributed by atoms with Gasteiger partial charge in [0.05, 0.1) is 11.6 Å². The van der Waals surface area contributed by atoms with Crippen molar-refractivity contribution >= 4 is 34.3 Å². The van der Waals surface area contributed by atoms with E-state index >= 15 is 0 Å². The molecule has 0 saturated carbocycles. The fraction of sp³-hybridized carbons (Fsp3) is 0.182. The number of furan rings is 1. The topological polar surface area (TPSA) is 70.8 Å². The number of carbonyl (C=O) groups is 2. The van der Waals surface area contributed by atoms with E-state index < -0.39 is 29.3 Å². The SMILES string of the molecule is CCCN1C(=O)C(O)=C(C(=O)c2cc3cc(Cl)ccc3o2)C1c1ccc(F)cc1. The van der Waals surface area contributed by atoms with Crippen LogP contribution < -0.4 is 0 Å². The molecule has 0 bridgehead atoms. The Bertz CT molecular complexity index is 1150. The second kappa shape index (κ2) is 7.37. The molecule has 5 nitrogen and oxygen atoms in total. The van der Waals surface area contributed by atoms with Gasteiger partial charge < -0.3 is 14.4 Å². The van der Waals surface area contributed by atoms with E-state index in [1.807, 2.05) is 6.92 Å². The molecule has 1 N–H and O–H groups in total. The molecule has 0 fully saturated rings. The van der Waals surface area contributed by atoms with Crippen molar-refractivity contribution in [1.29, 1.82) is 0 Å². The predicted molar refractivity (Wildman–Crippen MR) is 106 cm³/mol. The monoisotopic (exact) mass is 413 g/mol. The number of ketones is 1. The summed E-state index contributed by atoms with van der Waals surface area (Å²) in [4.78, 5) is 27.3. The molecule has 1 aromatic heterocycles. The number of amides is 1. The van der Waals surface area contributed by atoms with Gasteiger partial charge in [0.1, 0.15) is 11.4 Å². The van der Waals surface area contributed by atoms with Crippen LogP contribution in [0.4, 0.5) is 4.39 Å². The molecule has 2 aromatic carbocycles. The maximum Gasteiger partial charge on any atom is 0.290 e. The predicted octanol–water partition coefficient (Wildman–Crippen LogP) is 5.21. The number of hydrogen-bond acceptors (Lipinski definition) is 4. The summed E-state index contributed by atoms with van der Waals surface area (Å²) < 4.78 is 19.0. The van der Waals surface area contributed by atoms with Crippen LogP contribution in [0.15, 0.2) is 64.3 Å². The molecular weight excluding hydrogens is 397 g/mol. The molecular formula is C22H17ClFNO4. The molecule has 3 aromatic rings. The zero-order valence-electron chi connectivity index (χ0n) is 15.5. The lowest BCUT2D eigenvalue weighted by Crippen LogP contribution is -2.31. The molecule has 1 aliphatic heterocycles. The van der Waals surface area contributed by atoms with Crippen LogP contribution in [0.3, 0.4) is 0 Å². The third-order valence-corrected chi connectivity index (χ3v) is 5.14. The molecule has 0 aliphatic carbocycles. The van der Waals surface area contributed by atoms with Crippen molar-refractivity contribution in [3.8, 4) is 0 Å². The number of hydrogen-bond donors (Lipinski definition) is 1. The quantitative estimate of drug-likeness (QED) is 0.582. The lowest BCUT2D eigenvalue weighted by Gasteiger charge is -2.26. The lowest BCUT2D eigenvalue weighted by atomic mass is 9.95. The lowest BCUT2D eigenvalue weighted by molar-refractivity contribution is -0.129. The molecule has 4 rings (SSSR count). The normalized spacial score (nSPS) is 16.9. The third-order valence-electron chi connectivity index (χ3n) is 4.90. The number of aliphatic hydroxyl groups excluding tert-OH is 1. The molecule has 1 aliphatic rings. The van der Waals surface area contributed by atoms with E-state index in [9.17, 15) is 19.1 Å². The van der Waals surface area contributed by atoms with Gasteiger partial charge in [-0.1, -0.05) is 30.7 Å². The number of aliphatic hydroxyl groups is 1. The van der Waals surface area contributed by atoms with Gasteiger partial charge in [0.25, 0.3) is 5.91 Å². The Kier molecular flexibility index (Phi) is 4.88. The Balaban J connectivity index is 1.81. The summed E-state index contributed by atoms with van der Waals surface area (Å²) in [6, 6.07) is 11.2. The van der Waals surface area contributed by atoms with Gasteiger partial charge in [-0.3, -0.25) is 9.59 Å². The van der Waals surface area contributed by atoms with Crippen molar-refractivity contribution < 1.29 is 23.5 Å². The number of Topliss-reactive ketones (excluding diaryl/α,β-unsaturated/α-hetero) is 1. The molecule has 1 amide bonds. The highest BCUT2D eigenvalue weighted by Gasteiger charge is 2.44. The van der Waals surface area contributed by atoms with E-state index in [1.54, 1.807) is 18.2 Å². The zero-order valence-corrected chi connectivity index (χ0v) is 16.2. The molecule has 2 heterocycles. The maximum absolute atomic E-state index is 13.4. The van der Waals surface area contributed by atoms with E-state index in [-0.39, 0.29) is 11.3 Å². The Morgan fingerprint density at radius 3 is 2.62 bits per heavy atom. The minimum Gasteiger partial charge on any atom is -0.503 e. The number of nitrogens with zero attached hydrogens (tertiary/aromatic N) is 1. The van der Waals surface area contributed by atoms with Gasteiger partial charge in [0, 0.05) is 17.0 Å². The van der Waals surface area contributed by atoms with Gasteiger partial charge in [-0.2, -0.15) is 0 Å². The van der Waals surface area contributed by atoms with Crippen molar-refractivity contribution in [2.24, 2.45) is 0 Å². The van der Waals surface area contributed by atoms with Crippen LogP contribution >= 0.6 is 11.6 Å². The Hall–Kier alpha value is -3.12. The Labute approximate surface area is 171 Å². The molecule has 0 radical (unpaired) electrons. The number of rotatable bonds is 5. The van der Waals surface area contributed by atoms with E-state index in [1.165, 1.54) is 35.2 Å². The first-order valence-electron chi connectivity index (χ1n) is 9.14. The van der Waals surface area contributed by atoms with Crippen LogP contribution in [-0.2, 0) is 4.79 Å². The van der Waals surface area contributed by atoms with Crippen molar-refractivity contribution in [2.75, 3.05) is 6.54 Å². The fourth-order valence-electron chi connectivity index (χ4n) is 3.61. The van der Waals surface area contributed by atoms with Crippen LogP contribution in [0, 0.1) is 5.82 Å². The minimum atomic E-state index is -0.827. The van der Waals surface area contributed by atoms with Gasteiger partial charge in [-0.15, -0.1) is 0 Å². The first-order valence-corrected chi connectivity index (χ1v) is 9.52. The highest BCUT2D eigenvalue weighted by atomic mass is 35.5. The second-order valence-corrected chi connectivity index (χ2v) is 7.27. The van der Waals surface area contributed by atoms with Crippen molar-refractivity contribution in [1.82, 2.24) is 4.90 Å². The van der Waals surface area contributed by atoms with Crippen LogP contribution in [-0.4, -0.2) is 28.2 Å². The largest absolute Gasteiger partial charge is 0.503 e. The van der Waals surface area contributed by atoms with Crippen molar-refractivity contribution in [2.45, 2.75) is 19.4 Å². The molecule has 1 atom stereocenters. The van der Waals surface area contributed by atoms with E-state index in [0.717, 1.165) is 0 Å². The second-order valence-electron chi connectivity index (χ2n) is 6.84. The van der Waals surface area contributed by atoms with Crippen molar-refractivity contribution in [3.63, 3.8) is 0 Å². The summed E-state index contributed by atoms with van der Waals surface area (Å²) >= 11 is 5.99. The number of benzene rings is 2. The summed E-state index contributed by atoms with van der Waals surface area (Å²) in [5.74, 6) is -2.30. The maximum atomic E-state index is 13.4. The van der Waals surface area contributed by atoms with Crippen LogP contribution in [0.2, 0.25) is 5.02 Å². The Morgan fingerprint density at radius 2 is 1.93 bits per heavy atom. The summed E-state index contributed by atoms with van der Waals surface area (Å²) in [7, 11) is 0. The molecule has 1 unspecified atom stereocenters. The standard InChI is InChI=1S/C22H17ClFNO4/c1-2-9-25-19(12-3-6-15(24)7-4-12)18(21(27)22(25)28)20(26)17-11-13-10-14(23)5-8-16(13)29-17/h3-8,10-11,19,27H,2,9H2,1H3. The summed E-state index contributed by atoms with van der Waals surface area (Å²) in [6.07, 6.45) is 0.626. The van der Waals surface area contributed by atoms with E-state index in [2.05, 4.69) is 0 Å². The van der Waals surface area contributed by atoms with Crippen LogP contribution in [0.1, 0.15) is 35.5 Å². The number of carbonyl (C=O) groups excluding carboxylic acids is 2. The van der Waals surface area contributed by atoms with E-state index in [4.69, 9.17) is 16.0 Å². The van der Waals surface area contributed by atoms with Gasteiger partial charge in [-0.25, -0.2) is 4.39 Å². The fourth-order valence-corrected chi connectivity index (χ4v) is 3.79. The summed E-state index contributed by atoms with van der Waals surface area (Å²) in [5.41, 5.74) is 0.908. The molecule has 0 saturated heterocycles. The number of fused-ring (bicyclic) bond motifs is 1. The average Bonchev–Trinajstić information content (AvgIpc) is 3.22. The first-order chi connectivity index (χ1) is 13.9. The van der Waals surface area contributed by atoms with E-state index in [0.29, 0.717) is 34.5 Å². The molecule has 0 spiro atoms.